The van der Waals surface area contributed by atoms with Crippen molar-refractivity contribution >= 4 is 17.5 Å². The first kappa shape index (κ1) is 11.9. The first-order valence-corrected chi connectivity index (χ1v) is 5.97. The third-order valence-corrected chi connectivity index (χ3v) is 2.75. The van der Waals surface area contributed by atoms with Crippen LogP contribution in [0.5, 0.6) is 0 Å². The average molecular weight is 255 g/mol. The molecule has 3 nitrogen and oxygen atoms in total. The first-order chi connectivity index (χ1) is 8.22. The molecule has 90 valence electrons. The van der Waals surface area contributed by atoms with Crippen molar-refractivity contribution in [2.45, 2.75) is 13.3 Å². The number of hydrogen-bond donors (Lipinski definition) is 1. The molecule has 6 heteroatoms. The van der Waals surface area contributed by atoms with Gasteiger partial charge in [-0.3, -0.25) is 0 Å². The van der Waals surface area contributed by atoms with Crippen LogP contribution in [0.1, 0.15) is 13.3 Å². The zero-order valence-corrected chi connectivity index (χ0v) is 10.0. The van der Waals surface area contributed by atoms with E-state index in [0.29, 0.717) is 11.5 Å². The van der Waals surface area contributed by atoms with Crippen LogP contribution in [0.3, 0.4) is 0 Å². The maximum atomic E-state index is 13.6. The second-order valence-corrected chi connectivity index (χ2v) is 4.04. The highest BCUT2D eigenvalue weighted by atomic mass is 32.1. The predicted molar refractivity (Wildman–Crippen MR) is 64.0 cm³/mol. The largest absolute Gasteiger partial charge is 0.367 e. The molecule has 0 aliphatic heterocycles. The van der Waals surface area contributed by atoms with Gasteiger partial charge in [-0.1, -0.05) is 6.92 Å². The molecule has 1 N–H and O–H groups in total. The number of hydrogen-bond acceptors (Lipinski definition) is 4. The third kappa shape index (κ3) is 2.58. The van der Waals surface area contributed by atoms with Crippen LogP contribution in [0.15, 0.2) is 18.2 Å². The Hall–Kier alpha value is -1.56. The molecule has 0 radical (unpaired) electrons. The molecule has 1 aromatic heterocycles. The summed E-state index contributed by atoms with van der Waals surface area (Å²) in [6.45, 7) is 2.76. The number of benzene rings is 1. The number of aromatic nitrogens is 2. The van der Waals surface area contributed by atoms with Crippen molar-refractivity contribution in [1.29, 1.82) is 0 Å². The highest BCUT2D eigenvalue weighted by molar-refractivity contribution is 6.99. The fourth-order valence-electron chi connectivity index (χ4n) is 1.41. The zero-order valence-electron chi connectivity index (χ0n) is 9.20. The zero-order chi connectivity index (χ0) is 12.3. The van der Waals surface area contributed by atoms with Crippen molar-refractivity contribution in [3.63, 3.8) is 0 Å². The van der Waals surface area contributed by atoms with Gasteiger partial charge in [0.15, 0.2) is 5.82 Å². The van der Waals surface area contributed by atoms with Gasteiger partial charge in [0.2, 0.25) is 0 Å². The van der Waals surface area contributed by atoms with Gasteiger partial charge in [0, 0.05) is 18.2 Å². The third-order valence-electron chi connectivity index (χ3n) is 2.22. The molecule has 0 unspecified atom stereocenters. The fourth-order valence-corrected chi connectivity index (χ4v) is 1.95. The van der Waals surface area contributed by atoms with Crippen molar-refractivity contribution in [3.05, 3.63) is 29.8 Å². The molecular weight excluding hydrogens is 244 g/mol. The topological polar surface area (TPSA) is 37.8 Å². The average Bonchev–Trinajstić information content (AvgIpc) is 2.74. The Labute approximate surface area is 102 Å². The van der Waals surface area contributed by atoms with Crippen LogP contribution in [0.25, 0.3) is 11.3 Å². The van der Waals surface area contributed by atoms with Crippen LogP contribution in [0.2, 0.25) is 0 Å². The van der Waals surface area contributed by atoms with Crippen LogP contribution in [0, 0.1) is 11.6 Å². The molecule has 2 rings (SSSR count). The highest BCUT2D eigenvalue weighted by Crippen LogP contribution is 2.28. The summed E-state index contributed by atoms with van der Waals surface area (Å²) in [5.74, 6) is -0.683. The monoisotopic (exact) mass is 255 g/mol. The number of nitrogens with one attached hydrogen (secondary N) is 1. The Morgan fingerprint density at radius 3 is 2.82 bits per heavy atom. The molecule has 0 fully saturated rings. The molecule has 0 aliphatic carbocycles. The molecule has 0 amide bonds. The fraction of sp³-hybridized carbons (Fsp3) is 0.273. The summed E-state index contributed by atoms with van der Waals surface area (Å²) in [5, 5.41) is 3.06. The molecule has 0 atom stereocenters. The van der Waals surface area contributed by atoms with Crippen LogP contribution in [-0.2, 0) is 0 Å². The van der Waals surface area contributed by atoms with Gasteiger partial charge in [0.1, 0.15) is 17.3 Å². The van der Waals surface area contributed by atoms with E-state index >= 15 is 0 Å². The van der Waals surface area contributed by atoms with E-state index < -0.39 is 11.6 Å². The lowest BCUT2D eigenvalue weighted by molar-refractivity contribution is 0.585. The second kappa shape index (κ2) is 5.18. The van der Waals surface area contributed by atoms with Gasteiger partial charge in [-0.05, 0) is 18.6 Å². The summed E-state index contributed by atoms with van der Waals surface area (Å²) in [7, 11) is 0. The van der Waals surface area contributed by atoms with E-state index in [1.165, 1.54) is 12.1 Å². The Balaban J connectivity index is 2.35. The molecule has 2 aromatic rings. The van der Waals surface area contributed by atoms with E-state index in [1.54, 1.807) is 0 Å². The highest BCUT2D eigenvalue weighted by Gasteiger charge is 2.14. The molecule has 0 spiro atoms. The van der Waals surface area contributed by atoms with Gasteiger partial charge in [-0.25, -0.2) is 8.78 Å². The van der Waals surface area contributed by atoms with E-state index in [-0.39, 0.29) is 5.56 Å². The van der Waals surface area contributed by atoms with Gasteiger partial charge in [-0.15, -0.1) is 0 Å². The molecule has 17 heavy (non-hydrogen) atoms. The predicted octanol–water partition coefficient (Wildman–Crippen LogP) is 3.31. The minimum atomic E-state index is -0.628. The molecule has 0 bridgehead atoms. The van der Waals surface area contributed by atoms with Crippen LogP contribution >= 0.6 is 11.7 Å². The Bertz CT molecular complexity index is 513. The molecule has 0 aliphatic rings. The maximum absolute atomic E-state index is 13.6. The summed E-state index contributed by atoms with van der Waals surface area (Å²) in [6.07, 6.45) is 0.933. The van der Waals surface area contributed by atoms with Crippen molar-refractivity contribution in [3.8, 4) is 11.3 Å². The summed E-state index contributed by atoms with van der Waals surface area (Å²) in [6, 6.07) is 3.43. The first-order valence-electron chi connectivity index (χ1n) is 5.24. The van der Waals surface area contributed by atoms with E-state index in [0.717, 1.165) is 30.8 Å². The SMILES string of the molecule is CCCNc1nsnc1-c1ccc(F)cc1F. The molecule has 1 aromatic carbocycles. The lowest BCUT2D eigenvalue weighted by Gasteiger charge is -2.04. The van der Waals surface area contributed by atoms with Crippen molar-refractivity contribution in [2.24, 2.45) is 0 Å². The minimum Gasteiger partial charge on any atom is -0.367 e. The molecule has 0 saturated heterocycles. The van der Waals surface area contributed by atoms with Gasteiger partial charge in [-0.2, -0.15) is 8.75 Å². The summed E-state index contributed by atoms with van der Waals surface area (Å²) >= 11 is 1.00. The number of anilines is 1. The second-order valence-electron chi connectivity index (χ2n) is 3.51. The Kier molecular flexibility index (Phi) is 3.63. The minimum absolute atomic E-state index is 0.263. The molecule has 1 heterocycles. The number of halogens is 2. The van der Waals surface area contributed by atoms with Gasteiger partial charge >= 0.3 is 0 Å². The number of nitrogens with zero attached hydrogens (tertiary/aromatic N) is 2. The molecular formula is C11H11F2N3S. The van der Waals surface area contributed by atoms with Crippen LogP contribution in [-0.4, -0.2) is 15.3 Å². The smallest absolute Gasteiger partial charge is 0.168 e. The van der Waals surface area contributed by atoms with E-state index in [1.807, 2.05) is 6.92 Å². The van der Waals surface area contributed by atoms with Crippen molar-refractivity contribution in [1.82, 2.24) is 8.75 Å². The van der Waals surface area contributed by atoms with Crippen molar-refractivity contribution < 1.29 is 8.78 Å². The van der Waals surface area contributed by atoms with E-state index in [9.17, 15) is 8.78 Å². The normalized spacial score (nSPS) is 10.5. The summed E-state index contributed by atoms with van der Waals surface area (Å²) in [4.78, 5) is 0. The van der Waals surface area contributed by atoms with Crippen LogP contribution < -0.4 is 5.32 Å². The maximum Gasteiger partial charge on any atom is 0.168 e. The Morgan fingerprint density at radius 2 is 2.12 bits per heavy atom. The van der Waals surface area contributed by atoms with Crippen molar-refractivity contribution in [2.75, 3.05) is 11.9 Å². The van der Waals surface area contributed by atoms with Gasteiger partial charge in [0.05, 0.1) is 11.7 Å². The van der Waals surface area contributed by atoms with E-state index in [2.05, 4.69) is 14.1 Å². The van der Waals surface area contributed by atoms with Gasteiger partial charge < -0.3 is 5.32 Å². The van der Waals surface area contributed by atoms with Gasteiger partial charge in [0.25, 0.3) is 0 Å². The quantitative estimate of drug-likeness (QED) is 0.910. The molecule has 0 saturated carbocycles. The Morgan fingerprint density at radius 1 is 1.29 bits per heavy atom. The number of rotatable bonds is 4. The summed E-state index contributed by atoms with van der Waals surface area (Å²) < 4.78 is 34.5. The standard InChI is InChI=1S/C11H11F2N3S/c1-2-5-14-11-10(15-17-16-11)8-4-3-7(12)6-9(8)13/h3-4,6H,2,5H2,1H3,(H,14,16). The lowest BCUT2D eigenvalue weighted by Crippen LogP contribution is -2.01. The van der Waals surface area contributed by atoms with E-state index in [4.69, 9.17) is 0 Å². The summed E-state index contributed by atoms with van der Waals surface area (Å²) in [5.41, 5.74) is 0.694. The van der Waals surface area contributed by atoms with Crippen LogP contribution in [0.4, 0.5) is 14.6 Å². The lowest BCUT2D eigenvalue weighted by atomic mass is 10.1.